The summed E-state index contributed by atoms with van der Waals surface area (Å²) in [5.74, 6) is 0.813. The highest BCUT2D eigenvalue weighted by Crippen LogP contribution is 2.29. The Hall–Kier alpha value is -3.54. The van der Waals surface area contributed by atoms with Crippen LogP contribution < -0.4 is 10.1 Å². The Kier molecular flexibility index (Phi) is 14.0. The molecule has 47 heavy (non-hydrogen) atoms. The van der Waals surface area contributed by atoms with Crippen molar-refractivity contribution in [1.29, 1.82) is 0 Å². The minimum Gasteiger partial charge on any atom is -0.611 e. The molecule has 250 valence electrons. The largest absolute Gasteiger partial charge is 0.611 e. The number of nitrogens with one attached hydrogen (secondary N) is 1. The van der Waals surface area contributed by atoms with Crippen molar-refractivity contribution < 1.29 is 23.4 Å². The first kappa shape index (κ1) is 36.3. The van der Waals surface area contributed by atoms with E-state index in [9.17, 15) is 13.9 Å². The second kappa shape index (κ2) is 18.1. The fraction of sp³-hybridized carbons (Fsp3) is 0.351. The normalized spacial score (nSPS) is 12.9. The molecule has 1 amide bonds. The van der Waals surface area contributed by atoms with Gasteiger partial charge in [-0.05, 0) is 128 Å². The number of nitrogens with zero attached hydrogens (tertiary/aromatic N) is 2. The van der Waals surface area contributed by atoms with E-state index in [1.54, 1.807) is 36.7 Å². The molecule has 4 aromatic rings. The number of aromatic nitrogens is 2. The summed E-state index contributed by atoms with van der Waals surface area (Å²) >= 11 is -2.49. The lowest BCUT2D eigenvalue weighted by Gasteiger charge is -2.17. The lowest BCUT2D eigenvalue weighted by atomic mass is 10.0. The monoisotopic (exact) mass is 675 g/mol. The van der Waals surface area contributed by atoms with Crippen LogP contribution in [0, 0.1) is 6.92 Å². The third-order valence-corrected chi connectivity index (χ3v) is 10.5. The Morgan fingerprint density at radius 2 is 1.70 bits per heavy atom. The minimum atomic E-state index is -1.25. The minimum absolute atomic E-state index is 0.0836. The van der Waals surface area contributed by atoms with E-state index in [0.717, 1.165) is 54.3 Å². The SMILES string of the molecule is CCCCOCCOc1ccc(-c2ccc([S+]([O-])C(C)C)c(/C=C/C(=O)Nc3ccc([S@@+]([O-])Cc4c(C)ncn4CC)cc3)c2)cc1. The molecule has 0 aliphatic heterocycles. The van der Waals surface area contributed by atoms with Gasteiger partial charge in [0.1, 0.15) is 17.6 Å². The number of amides is 1. The van der Waals surface area contributed by atoms with E-state index in [1.807, 2.05) is 74.7 Å². The van der Waals surface area contributed by atoms with Crippen molar-refractivity contribution in [2.45, 2.75) is 74.8 Å². The molecule has 0 saturated carbocycles. The molecule has 0 bridgehead atoms. The molecular formula is C37H45N3O5S2. The quantitative estimate of drug-likeness (QED) is 0.0703. The molecule has 10 heteroatoms. The summed E-state index contributed by atoms with van der Waals surface area (Å²) in [5.41, 5.74) is 5.05. The van der Waals surface area contributed by atoms with Gasteiger partial charge >= 0.3 is 0 Å². The van der Waals surface area contributed by atoms with Crippen LogP contribution in [0.2, 0.25) is 0 Å². The van der Waals surface area contributed by atoms with Crippen molar-refractivity contribution >= 4 is 40.0 Å². The fourth-order valence-electron chi connectivity index (χ4n) is 4.82. The molecule has 3 aromatic carbocycles. The van der Waals surface area contributed by atoms with E-state index in [1.165, 1.54) is 6.08 Å². The summed E-state index contributed by atoms with van der Waals surface area (Å²) in [6.07, 6.45) is 7.07. The van der Waals surface area contributed by atoms with Crippen LogP contribution in [0.1, 0.15) is 57.5 Å². The van der Waals surface area contributed by atoms with E-state index in [0.29, 0.717) is 40.0 Å². The Labute approximate surface area is 285 Å². The van der Waals surface area contributed by atoms with Crippen LogP contribution in [0.25, 0.3) is 17.2 Å². The van der Waals surface area contributed by atoms with Crippen LogP contribution in [-0.2, 0) is 44.2 Å². The lowest BCUT2D eigenvalue weighted by molar-refractivity contribution is -0.111. The molecule has 1 aromatic heterocycles. The van der Waals surface area contributed by atoms with Crippen LogP contribution in [-0.4, -0.2) is 49.6 Å². The zero-order chi connectivity index (χ0) is 33.8. The maximum Gasteiger partial charge on any atom is 0.248 e. The highest BCUT2D eigenvalue weighted by atomic mass is 32.2. The summed E-state index contributed by atoms with van der Waals surface area (Å²) in [5, 5.41) is 2.78. The molecule has 0 aliphatic carbocycles. The third kappa shape index (κ3) is 10.5. The zero-order valence-corrected chi connectivity index (χ0v) is 29.5. The number of unbranched alkanes of at least 4 members (excludes halogenated alkanes) is 1. The number of rotatable bonds is 17. The van der Waals surface area contributed by atoms with Gasteiger partial charge in [-0.15, -0.1) is 0 Å². The van der Waals surface area contributed by atoms with E-state index < -0.39 is 22.4 Å². The van der Waals surface area contributed by atoms with Gasteiger partial charge in [-0.3, -0.25) is 4.79 Å². The average molecular weight is 676 g/mol. The van der Waals surface area contributed by atoms with Crippen molar-refractivity contribution in [2.75, 3.05) is 25.1 Å². The van der Waals surface area contributed by atoms with Crippen molar-refractivity contribution in [3.8, 4) is 16.9 Å². The van der Waals surface area contributed by atoms with Gasteiger partial charge in [-0.1, -0.05) is 25.5 Å². The van der Waals surface area contributed by atoms with Crippen LogP contribution >= 0.6 is 0 Å². The molecule has 0 fully saturated rings. The Bertz CT molecular complexity index is 1600. The van der Waals surface area contributed by atoms with E-state index in [4.69, 9.17) is 9.47 Å². The number of hydrogen-bond acceptors (Lipinski definition) is 6. The molecule has 0 radical (unpaired) electrons. The molecule has 8 nitrogen and oxygen atoms in total. The van der Waals surface area contributed by atoms with Gasteiger partial charge in [-0.25, -0.2) is 4.98 Å². The van der Waals surface area contributed by atoms with Crippen molar-refractivity contribution in [1.82, 2.24) is 9.55 Å². The summed E-state index contributed by atoms with van der Waals surface area (Å²) in [6.45, 7) is 12.5. The Morgan fingerprint density at radius 3 is 2.38 bits per heavy atom. The van der Waals surface area contributed by atoms with Gasteiger partial charge in [0.05, 0.1) is 24.3 Å². The van der Waals surface area contributed by atoms with Crippen LogP contribution in [0.3, 0.4) is 0 Å². The van der Waals surface area contributed by atoms with Crippen molar-refractivity contribution in [3.63, 3.8) is 0 Å². The standard InChI is InChI=1S/C37H45N3O5S2/c1-6-8-21-44-22-23-45-33-15-9-29(10-16-33)30-11-19-36(47(43)27(3)4)31(24-30)12-20-37(41)39-32-13-17-34(18-14-32)46(42)25-35-28(5)38-26-40(35)7-2/h9-20,24,26-27H,6-8,21-23,25H2,1-5H3,(H,39,41)/b20-12+/t46-,47?/m0/s1. The topological polar surface area (TPSA) is 112 Å². The molecular weight excluding hydrogens is 631 g/mol. The first-order valence-corrected chi connectivity index (χ1v) is 18.6. The second-order valence-corrected chi connectivity index (χ2v) is 14.8. The molecule has 2 atom stereocenters. The van der Waals surface area contributed by atoms with E-state index >= 15 is 0 Å². The highest BCUT2D eigenvalue weighted by Gasteiger charge is 2.20. The second-order valence-electron chi connectivity index (χ2n) is 11.3. The van der Waals surface area contributed by atoms with Gasteiger partial charge < -0.3 is 28.5 Å². The maximum absolute atomic E-state index is 13.1. The van der Waals surface area contributed by atoms with Gasteiger partial charge in [0, 0.05) is 30.5 Å². The number of hydrogen-bond donors (Lipinski definition) is 1. The van der Waals surface area contributed by atoms with Gasteiger partial charge in [-0.2, -0.15) is 0 Å². The zero-order valence-electron chi connectivity index (χ0n) is 27.9. The molecule has 1 heterocycles. The number of anilines is 1. The number of carbonyl (C=O) groups is 1. The van der Waals surface area contributed by atoms with Crippen molar-refractivity contribution in [3.05, 3.63) is 96.1 Å². The predicted molar refractivity (Wildman–Crippen MR) is 192 cm³/mol. The summed E-state index contributed by atoms with van der Waals surface area (Å²) in [7, 11) is 0. The maximum atomic E-state index is 13.1. The summed E-state index contributed by atoms with van der Waals surface area (Å²) in [4.78, 5) is 18.6. The van der Waals surface area contributed by atoms with Crippen LogP contribution in [0.4, 0.5) is 5.69 Å². The number of aryl methyl sites for hydroxylation is 2. The first-order chi connectivity index (χ1) is 22.7. The van der Waals surface area contributed by atoms with Crippen LogP contribution in [0.15, 0.2) is 88.9 Å². The third-order valence-electron chi connectivity index (χ3n) is 7.54. The average Bonchev–Trinajstić information content (AvgIpc) is 3.43. The molecule has 0 aliphatic rings. The predicted octanol–water partition coefficient (Wildman–Crippen LogP) is 7.55. The molecule has 1 unspecified atom stereocenters. The van der Waals surface area contributed by atoms with Crippen LogP contribution in [0.5, 0.6) is 5.75 Å². The molecule has 1 N–H and O–H groups in total. The van der Waals surface area contributed by atoms with Gasteiger partial charge in [0.25, 0.3) is 0 Å². The Morgan fingerprint density at radius 1 is 0.979 bits per heavy atom. The van der Waals surface area contributed by atoms with Gasteiger partial charge in [0.2, 0.25) is 5.91 Å². The van der Waals surface area contributed by atoms with Gasteiger partial charge in [0.15, 0.2) is 15.5 Å². The number of imidazole rings is 1. The molecule has 0 spiro atoms. The number of ether oxygens (including phenoxy) is 2. The summed E-state index contributed by atoms with van der Waals surface area (Å²) in [6, 6.07) is 20.6. The van der Waals surface area contributed by atoms with E-state index in [-0.39, 0.29) is 11.2 Å². The smallest absolute Gasteiger partial charge is 0.248 e. The lowest BCUT2D eigenvalue weighted by Crippen LogP contribution is -2.15. The van der Waals surface area contributed by atoms with Crippen molar-refractivity contribution in [2.24, 2.45) is 0 Å². The molecule has 0 saturated heterocycles. The Balaban J connectivity index is 1.42. The van der Waals surface area contributed by atoms with E-state index in [2.05, 4.69) is 17.2 Å². The summed E-state index contributed by atoms with van der Waals surface area (Å²) < 4.78 is 39.5. The first-order valence-electron chi connectivity index (χ1n) is 16.0. The number of benzene rings is 3. The highest BCUT2D eigenvalue weighted by molar-refractivity contribution is 7.92. The molecule has 4 rings (SSSR count). The fourth-order valence-corrected chi connectivity index (χ4v) is 7.12. The number of carbonyl (C=O) groups excluding carboxylic acids is 1.